The van der Waals surface area contributed by atoms with Crippen LogP contribution in [0, 0.1) is 0 Å². The number of nitrogen functional groups attached to an aromatic ring is 1. The van der Waals surface area contributed by atoms with Crippen molar-refractivity contribution in [3.63, 3.8) is 0 Å². The SMILES string of the molecule is Nc1ccc2c(c1)C(=O)NC(C(Cl)(Cl)Cl)O2. The zero-order valence-electron chi connectivity index (χ0n) is 7.84. The van der Waals surface area contributed by atoms with E-state index in [9.17, 15) is 4.79 Å². The van der Waals surface area contributed by atoms with Crippen molar-refractivity contribution in [1.29, 1.82) is 0 Å². The van der Waals surface area contributed by atoms with Crippen LogP contribution in [0.15, 0.2) is 18.2 Å². The monoisotopic (exact) mass is 280 g/mol. The Labute approximate surface area is 107 Å². The maximum atomic E-state index is 11.7. The van der Waals surface area contributed by atoms with E-state index in [4.69, 9.17) is 45.3 Å². The molecule has 0 spiro atoms. The Morgan fingerprint density at radius 1 is 1.38 bits per heavy atom. The molecule has 16 heavy (non-hydrogen) atoms. The quantitative estimate of drug-likeness (QED) is 0.565. The molecule has 0 aromatic heterocycles. The molecule has 2 rings (SSSR count). The van der Waals surface area contributed by atoms with Crippen molar-refractivity contribution in [3.05, 3.63) is 23.8 Å². The number of hydrogen-bond donors (Lipinski definition) is 2. The van der Waals surface area contributed by atoms with Crippen molar-refractivity contribution in [3.8, 4) is 5.75 Å². The van der Waals surface area contributed by atoms with E-state index in [1.54, 1.807) is 12.1 Å². The van der Waals surface area contributed by atoms with Gasteiger partial charge in [-0.3, -0.25) is 4.79 Å². The van der Waals surface area contributed by atoms with Gasteiger partial charge in [0.2, 0.25) is 10.0 Å². The molecule has 0 aliphatic carbocycles. The number of ether oxygens (including phenoxy) is 1. The van der Waals surface area contributed by atoms with E-state index in [0.29, 0.717) is 17.0 Å². The molecule has 0 fully saturated rings. The summed E-state index contributed by atoms with van der Waals surface area (Å²) in [5, 5.41) is 2.43. The second-order valence-electron chi connectivity index (χ2n) is 3.27. The number of carbonyl (C=O) groups excluding carboxylic acids is 1. The van der Waals surface area contributed by atoms with Crippen LogP contribution >= 0.6 is 34.8 Å². The molecular weight excluding hydrogens is 274 g/mol. The Bertz CT molecular complexity index is 445. The number of amides is 1. The van der Waals surface area contributed by atoms with Crippen LogP contribution in [-0.4, -0.2) is 15.9 Å². The summed E-state index contributed by atoms with van der Waals surface area (Å²) in [5.74, 6) is -0.0425. The summed E-state index contributed by atoms with van der Waals surface area (Å²) in [7, 11) is 0. The Morgan fingerprint density at radius 3 is 2.69 bits per heavy atom. The van der Waals surface area contributed by atoms with Gasteiger partial charge in [-0.25, -0.2) is 0 Å². The molecule has 7 heteroatoms. The third-order valence-corrected chi connectivity index (χ3v) is 2.65. The molecular formula is C9H7Cl3N2O2. The minimum absolute atomic E-state index is 0.325. The topological polar surface area (TPSA) is 64.4 Å². The minimum Gasteiger partial charge on any atom is -0.465 e. The number of carbonyl (C=O) groups is 1. The Hall–Kier alpha value is -0.840. The first-order valence-electron chi connectivity index (χ1n) is 4.31. The van der Waals surface area contributed by atoms with Gasteiger partial charge in [-0.15, -0.1) is 0 Å². The molecule has 1 aromatic carbocycles. The molecule has 1 amide bonds. The molecule has 1 aliphatic rings. The van der Waals surface area contributed by atoms with Gasteiger partial charge in [0, 0.05) is 5.69 Å². The highest BCUT2D eigenvalue weighted by atomic mass is 35.6. The van der Waals surface area contributed by atoms with E-state index < -0.39 is 10.0 Å². The number of alkyl halides is 3. The number of fused-ring (bicyclic) bond motifs is 1. The lowest BCUT2D eigenvalue weighted by atomic mass is 10.1. The lowest BCUT2D eigenvalue weighted by Crippen LogP contribution is -2.50. The third kappa shape index (κ3) is 2.14. The van der Waals surface area contributed by atoms with Crippen LogP contribution in [0.3, 0.4) is 0 Å². The van der Waals surface area contributed by atoms with Crippen LogP contribution in [0.1, 0.15) is 10.4 Å². The molecule has 86 valence electrons. The molecule has 1 aromatic rings. The van der Waals surface area contributed by atoms with Crippen LogP contribution in [0.2, 0.25) is 0 Å². The summed E-state index contributed by atoms with van der Waals surface area (Å²) in [4.78, 5) is 11.7. The number of hydrogen-bond acceptors (Lipinski definition) is 3. The molecule has 1 atom stereocenters. The van der Waals surface area contributed by atoms with Crippen LogP contribution in [-0.2, 0) is 0 Å². The maximum Gasteiger partial charge on any atom is 0.258 e. The normalized spacial score (nSPS) is 19.7. The number of nitrogens with two attached hydrogens (primary N) is 1. The van der Waals surface area contributed by atoms with E-state index in [2.05, 4.69) is 5.32 Å². The van der Waals surface area contributed by atoms with Crippen LogP contribution in [0.4, 0.5) is 5.69 Å². The van der Waals surface area contributed by atoms with Crippen LogP contribution in [0.25, 0.3) is 0 Å². The highest BCUT2D eigenvalue weighted by Gasteiger charge is 2.39. The summed E-state index contributed by atoms with van der Waals surface area (Å²) >= 11 is 16.9. The Morgan fingerprint density at radius 2 is 2.06 bits per heavy atom. The first kappa shape index (κ1) is 11.6. The smallest absolute Gasteiger partial charge is 0.258 e. The summed E-state index contributed by atoms with van der Waals surface area (Å²) in [6, 6.07) is 4.67. The van der Waals surface area contributed by atoms with Crippen molar-refractivity contribution in [2.75, 3.05) is 5.73 Å². The molecule has 4 nitrogen and oxygen atoms in total. The maximum absolute atomic E-state index is 11.7. The van der Waals surface area contributed by atoms with Gasteiger partial charge in [-0.05, 0) is 18.2 Å². The predicted octanol–water partition coefficient (Wildman–Crippen LogP) is 2.09. The molecule has 0 radical (unpaired) electrons. The van der Waals surface area contributed by atoms with E-state index in [1.165, 1.54) is 6.07 Å². The van der Waals surface area contributed by atoms with Gasteiger partial charge < -0.3 is 15.8 Å². The molecule has 1 heterocycles. The van der Waals surface area contributed by atoms with Crippen molar-refractivity contribution in [2.45, 2.75) is 10.0 Å². The van der Waals surface area contributed by atoms with Crippen molar-refractivity contribution in [1.82, 2.24) is 5.32 Å². The largest absolute Gasteiger partial charge is 0.465 e. The summed E-state index contributed by atoms with van der Waals surface area (Å²) in [5.41, 5.74) is 6.34. The molecule has 0 saturated carbocycles. The van der Waals surface area contributed by atoms with Crippen molar-refractivity contribution >= 4 is 46.4 Å². The Kier molecular flexibility index (Phi) is 2.82. The molecule has 1 aliphatic heterocycles. The van der Waals surface area contributed by atoms with Crippen LogP contribution in [0.5, 0.6) is 5.75 Å². The van der Waals surface area contributed by atoms with Crippen LogP contribution < -0.4 is 15.8 Å². The summed E-state index contributed by atoms with van der Waals surface area (Å²) < 4.78 is 3.61. The van der Waals surface area contributed by atoms with Gasteiger partial charge in [-0.2, -0.15) is 0 Å². The second-order valence-corrected chi connectivity index (χ2v) is 5.64. The van der Waals surface area contributed by atoms with Gasteiger partial charge in [0.1, 0.15) is 5.75 Å². The molecule has 0 bridgehead atoms. The van der Waals surface area contributed by atoms with E-state index in [0.717, 1.165) is 0 Å². The number of rotatable bonds is 0. The zero-order valence-corrected chi connectivity index (χ0v) is 10.1. The van der Waals surface area contributed by atoms with Gasteiger partial charge in [0.15, 0.2) is 0 Å². The average Bonchev–Trinajstić information content (AvgIpc) is 2.17. The fraction of sp³-hybridized carbons (Fsp3) is 0.222. The van der Waals surface area contributed by atoms with Gasteiger partial charge in [-0.1, -0.05) is 34.8 Å². The Balaban J connectivity index is 2.38. The first-order chi connectivity index (χ1) is 7.38. The van der Waals surface area contributed by atoms with E-state index >= 15 is 0 Å². The fourth-order valence-corrected chi connectivity index (χ4v) is 1.63. The highest BCUT2D eigenvalue weighted by molar-refractivity contribution is 6.68. The molecule has 1 unspecified atom stereocenters. The highest BCUT2D eigenvalue weighted by Crippen LogP contribution is 2.35. The van der Waals surface area contributed by atoms with Gasteiger partial charge >= 0.3 is 0 Å². The predicted molar refractivity (Wildman–Crippen MR) is 63.0 cm³/mol. The fourth-order valence-electron chi connectivity index (χ4n) is 1.33. The number of halogens is 3. The molecule has 3 N–H and O–H groups in total. The number of anilines is 1. The third-order valence-electron chi connectivity index (χ3n) is 2.05. The van der Waals surface area contributed by atoms with E-state index in [1.807, 2.05) is 0 Å². The molecule has 0 saturated heterocycles. The number of nitrogens with one attached hydrogen (secondary N) is 1. The number of benzene rings is 1. The first-order valence-corrected chi connectivity index (χ1v) is 5.45. The van der Waals surface area contributed by atoms with Gasteiger partial charge in [0.25, 0.3) is 5.91 Å². The zero-order chi connectivity index (χ0) is 11.9. The van der Waals surface area contributed by atoms with E-state index in [-0.39, 0.29) is 5.91 Å². The van der Waals surface area contributed by atoms with Crippen molar-refractivity contribution < 1.29 is 9.53 Å². The van der Waals surface area contributed by atoms with Crippen molar-refractivity contribution in [2.24, 2.45) is 0 Å². The lowest BCUT2D eigenvalue weighted by molar-refractivity contribution is 0.0764. The average molecular weight is 282 g/mol. The summed E-state index contributed by atoms with van der Waals surface area (Å²) in [6.07, 6.45) is -1.01. The lowest BCUT2D eigenvalue weighted by Gasteiger charge is -2.30. The van der Waals surface area contributed by atoms with Gasteiger partial charge in [0.05, 0.1) is 5.56 Å². The second kappa shape index (κ2) is 3.87. The summed E-state index contributed by atoms with van der Waals surface area (Å²) in [6.45, 7) is 0. The minimum atomic E-state index is -1.73. The standard InChI is InChI=1S/C9H7Cl3N2O2/c10-9(11,12)8-14-7(15)5-3-4(13)1-2-6(5)16-8/h1-3,8H,13H2,(H,14,15).